The predicted octanol–water partition coefficient (Wildman–Crippen LogP) is 3.03. The summed E-state index contributed by atoms with van der Waals surface area (Å²) in [5.41, 5.74) is 7.69. The molecule has 1 heterocycles. The van der Waals surface area contributed by atoms with E-state index in [-0.39, 0.29) is 0 Å². The number of halogens is 2. The highest BCUT2D eigenvalue weighted by Crippen LogP contribution is 2.31. The largest absolute Gasteiger partial charge is 0.381 e. The van der Waals surface area contributed by atoms with E-state index in [0.717, 1.165) is 19.3 Å². The Morgan fingerprint density at radius 1 is 1.36 bits per heavy atom. The van der Waals surface area contributed by atoms with Crippen molar-refractivity contribution in [2.45, 2.75) is 0 Å². The summed E-state index contributed by atoms with van der Waals surface area (Å²) in [5.74, 6) is 0.538. The Morgan fingerprint density at radius 3 is 2.64 bits per heavy atom. The quantitative estimate of drug-likeness (QED) is 0.765. The number of hydrogen-bond acceptors (Lipinski definition) is 2. The summed E-state index contributed by atoms with van der Waals surface area (Å²) in [6.07, 6.45) is 0. The van der Waals surface area contributed by atoms with Gasteiger partial charge < -0.3 is 5.73 Å². The van der Waals surface area contributed by atoms with Crippen molar-refractivity contribution in [1.82, 2.24) is 10.2 Å². The van der Waals surface area contributed by atoms with Crippen LogP contribution in [0.3, 0.4) is 0 Å². The van der Waals surface area contributed by atoms with Crippen LogP contribution in [0, 0.1) is 3.57 Å². The average Bonchev–Trinajstić information content (AvgIpc) is 2.49. The van der Waals surface area contributed by atoms with E-state index in [1.54, 1.807) is 0 Å². The summed E-state index contributed by atoms with van der Waals surface area (Å²) >= 11 is 5.67. The van der Waals surface area contributed by atoms with Crippen molar-refractivity contribution in [2.24, 2.45) is 0 Å². The van der Waals surface area contributed by atoms with Gasteiger partial charge >= 0.3 is 0 Å². The SMILES string of the molecule is Nc1n[nH]c(-c2ccccc2Br)c1I. The first-order valence-electron chi connectivity index (χ1n) is 3.94. The fourth-order valence-electron chi connectivity index (χ4n) is 1.18. The molecular weight excluding hydrogens is 357 g/mol. The van der Waals surface area contributed by atoms with Gasteiger partial charge in [-0.1, -0.05) is 34.1 Å². The van der Waals surface area contributed by atoms with Crippen molar-refractivity contribution in [3.8, 4) is 11.3 Å². The molecule has 0 radical (unpaired) electrons. The topological polar surface area (TPSA) is 54.7 Å². The molecule has 72 valence electrons. The average molecular weight is 364 g/mol. The Morgan fingerprint density at radius 2 is 2.07 bits per heavy atom. The fourth-order valence-corrected chi connectivity index (χ4v) is 2.20. The van der Waals surface area contributed by atoms with Crippen LogP contribution in [0.4, 0.5) is 5.82 Å². The molecule has 0 fully saturated rings. The number of nitrogen functional groups attached to an aromatic ring is 1. The van der Waals surface area contributed by atoms with Gasteiger partial charge in [-0.25, -0.2) is 0 Å². The van der Waals surface area contributed by atoms with Crippen molar-refractivity contribution in [3.63, 3.8) is 0 Å². The lowest BCUT2D eigenvalue weighted by Gasteiger charge is -2.01. The van der Waals surface area contributed by atoms with E-state index in [0.29, 0.717) is 5.82 Å². The summed E-state index contributed by atoms with van der Waals surface area (Å²) in [6, 6.07) is 7.95. The highest BCUT2D eigenvalue weighted by atomic mass is 127. The minimum absolute atomic E-state index is 0.538. The second-order valence-electron chi connectivity index (χ2n) is 2.78. The number of benzene rings is 1. The smallest absolute Gasteiger partial charge is 0.159 e. The van der Waals surface area contributed by atoms with Gasteiger partial charge in [0, 0.05) is 10.0 Å². The van der Waals surface area contributed by atoms with Crippen LogP contribution in [0.15, 0.2) is 28.7 Å². The first-order chi connectivity index (χ1) is 6.70. The van der Waals surface area contributed by atoms with E-state index < -0.39 is 0 Å². The molecule has 0 aliphatic heterocycles. The molecule has 0 unspecified atom stereocenters. The lowest BCUT2D eigenvalue weighted by atomic mass is 10.1. The van der Waals surface area contributed by atoms with Crippen molar-refractivity contribution in [2.75, 3.05) is 5.73 Å². The number of aromatic nitrogens is 2. The molecule has 5 heteroatoms. The third-order valence-corrected chi connectivity index (χ3v) is 3.66. The number of anilines is 1. The Balaban J connectivity index is 2.60. The van der Waals surface area contributed by atoms with Gasteiger partial charge in [0.2, 0.25) is 0 Å². The van der Waals surface area contributed by atoms with Crippen LogP contribution in [0.2, 0.25) is 0 Å². The molecule has 0 bridgehead atoms. The van der Waals surface area contributed by atoms with E-state index in [4.69, 9.17) is 5.73 Å². The summed E-state index contributed by atoms with van der Waals surface area (Å²) in [7, 11) is 0. The van der Waals surface area contributed by atoms with E-state index in [2.05, 4.69) is 48.7 Å². The number of rotatable bonds is 1. The summed E-state index contributed by atoms with van der Waals surface area (Å²) in [5, 5.41) is 6.88. The van der Waals surface area contributed by atoms with Gasteiger partial charge in [0.05, 0.1) is 9.26 Å². The molecule has 0 aliphatic rings. The zero-order chi connectivity index (χ0) is 10.1. The lowest BCUT2D eigenvalue weighted by Crippen LogP contribution is -1.86. The number of nitrogens with zero attached hydrogens (tertiary/aromatic N) is 1. The number of hydrogen-bond donors (Lipinski definition) is 2. The molecule has 0 spiro atoms. The maximum atomic E-state index is 5.66. The monoisotopic (exact) mass is 363 g/mol. The van der Waals surface area contributed by atoms with Gasteiger partial charge in [-0.3, -0.25) is 5.10 Å². The standard InChI is InChI=1S/C9H7BrIN3/c10-6-4-2-1-3-5(6)8-7(11)9(12)14-13-8/h1-4H,(H3,12,13,14). The van der Waals surface area contributed by atoms with Gasteiger partial charge in [0.15, 0.2) is 5.82 Å². The van der Waals surface area contributed by atoms with Gasteiger partial charge in [-0.15, -0.1) is 0 Å². The third-order valence-electron chi connectivity index (χ3n) is 1.88. The molecule has 3 N–H and O–H groups in total. The van der Waals surface area contributed by atoms with Gasteiger partial charge in [-0.05, 0) is 28.7 Å². The maximum absolute atomic E-state index is 5.66. The van der Waals surface area contributed by atoms with Gasteiger partial charge in [-0.2, -0.15) is 5.10 Å². The normalized spacial score (nSPS) is 10.4. The summed E-state index contributed by atoms with van der Waals surface area (Å²) in [4.78, 5) is 0. The Hall–Kier alpha value is -0.560. The maximum Gasteiger partial charge on any atom is 0.159 e. The molecule has 2 aromatic rings. The molecular formula is C9H7BrIN3. The Labute approximate surface area is 103 Å². The predicted molar refractivity (Wildman–Crippen MR) is 68.9 cm³/mol. The first kappa shape index (κ1) is 9.97. The van der Waals surface area contributed by atoms with Crippen LogP contribution in [0.1, 0.15) is 0 Å². The lowest BCUT2D eigenvalue weighted by molar-refractivity contribution is 1.10. The second-order valence-corrected chi connectivity index (χ2v) is 4.71. The molecule has 0 saturated heterocycles. The van der Waals surface area contributed by atoms with Crippen LogP contribution in [0.5, 0.6) is 0 Å². The highest BCUT2D eigenvalue weighted by Gasteiger charge is 2.11. The minimum atomic E-state index is 0.538. The molecule has 3 nitrogen and oxygen atoms in total. The number of nitrogens with one attached hydrogen (secondary N) is 1. The number of aromatic amines is 1. The number of H-pyrrole nitrogens is 1. The second kappa shape index (κ2) is 3.90. The molecule has 0 amide bonds. The van der Waals surface area contributed by atoms with Gasteiger partial charge in [0.1, 0.15) is 0 Å². The van der Waals surface area contributed by atoms with Crippen LogP contribution in [-0.2, 0) is 0 Å². The van der Waals surface area contributed by atoms with Gasteiger partial charge in [0.25, 0.3) is 0 Å². The summed E-state index contributed by atoms with van der Waals surface area (Å²) < 4.78 is 1.98. The Kier molecular flexibility index (Phi) is 2.78. The van der Waals surface area contributed by atoms with Crippen molar-refractivity contribution in [1.29, 1.82) is 0 Å². The van der Waals surface area contributed by atoms with E-state index in [1.807, 2.05) is 24.3 Å². The van der Waals surface area contributed by atoms with Crippen LogP contribution in [-0.4, -0.2) is 10.2 Å². The highest BCUT2D eigenvalue weighted by molar-refractivity contribution is 14.1. The molecule has 2 rings (SSSR count). The fraction of sp³-hybridized carbons (Fsp3) is 0. The van der Waals surface area contributed by atoms with Crippen molar-refractivity contribution in [3.05, 3.63) is 32.3 Å². The minimum Gasteiger partial charge on any atom is -0.381 e. The number of nitrogens with two attached hydrogens (primary N) is 1. The van der Waals surface area contributed by atoms with Crippen LogP contribution < -0.4 is 5.73 Å². The Bertz CT molecular complexity index is 467. The van der Waals surface area contributed by atoms with Crippen LogP contribution in [0.25, 0.3) is 11.3 Å². The molecule has 1 aromatic heterocycles. The van der Waals surface area contributed by atoms with Crippen molar-refractivity contribution < 1.29 is 0 Å². The van der Waals surface area contributed by atoms with E-state index >= 15 is 0 Å². The molecule has 0 aliphatic carbocycles. The zero-order valence-corrected chi connectivity index (χ0v) is 10.8. The van der Waals surface area contributed by atoms with Crippen LogP contribution >= 0.6 is 38.5 Å². The zero-order valence-electron chi connectivity index (χ0n) is 7.09. The first-order valence-corrected chi connectivity index (χ1v) is 5.81. The van der Waals surface area contributed by atoms with Crippen molar-refractivity contribution >= 4 is 44.3 Å². The molecule has 14 heavy (non-hydrogen) atoms. The van der Waals surface area contributed by atoms with E-state index in [9.17, 15) is 0 Å². The molecule has 0 atom stereocenters. The third kappa shape index (κ3) is 1.66. The molecule has 1 aromatic carbocycles. The van der Waals surface area contributed by atoms with E-state index in [1.165, 1.54) is 0 Å². The summed E-state index contributed by atoms with van der Waals surface area (Å²) in [6.45, 7) is 0. The molecule has 0 saturated carbocycles.